The summed E-state index contributed by atoms with van der Waals surface area (Å²) in [6, 6.07) is 10.0. The van der Waals surface area contributed by atoms with Gasteiger partial charge in [0.1, 0.15) is 18.3 Å². The molecule has 6 unspecified atom stereocenters. The van der Waals surface area contributed by atoms with E-state index in [1.807, 2.05) is 44.2 Å². The van der Waals surface area contributed by atoms with Crippen LogP contribution in [0.5, 0.6) is 0 Å². The number of rotatable bonds is 15. The molecule has 7 nitrogen and oxygen atoms in total. The van der Waals surface area contributed by atoms with Crippen molar-refractivity contribution in [3.63, 3.8) is 0 Å². The minimum absolute atomic E-state index is 0.0849. The third-order valence-corrected chi connectivity index (χ3v) is 9.07. The van der Waals surface area contributed by atoms with Gasteiger partial charge in [-0.05, 0) is 39.0 Å². The van der Waals surface area contributed by atoms with Crippen molar-refractivity contribution in [2.24, 2.45) is 11.8 Å². The lowest BCUT2D eigenvalue weighted by Gasteiger charge is -2.48. The molecule has 0 bridgehead atoms. The van der Waals surface area contributed by atoms with Gasteiger partial charge in [-0.3, -0.25) is 0 Å². The Morgan fingerprint density at radius 1 is 0.907 bits per heavy atom. The lowest BCUT2D eigenvalue weighted by Crippen LogP contribution is -2.56. The lowest BCUT2D eigenvalue weighted by atomic mass is 9.84. The lowest BCUT2D eigenvalue weighted by molar-refractivity contribution is -0.344. The monoisotopic (exact) mass is 600 g/mol. The maximum absolute atomic E-state index is 11.2. The third kappa shape index (κ3) is 10.3. The molecule has 1 aromatic rings. The standard InChI is InChI=1S/C36H56O7/c1-6-7-8-9-10-11-12-13-14-15-16-20-23-30-33(43-36(4,5)42-30)29(37)24-38-34-27(3)26(2)32-31(40-34)25-39-35(41-32)28-21-18-17-19-22-28/h17-19,21-22,26-27,29-35,37H,6-10,13-16,20,23-25H2,1-5H3/t26?,27?,29-,30-,31?,32?,33-,34?,35?/m0/s1. The second-order valence-corrected chi connectivity index (χ2v) is 13.1. The molecule has 3 aliphatic heterocycles. The number of hydrogen-bond donors (Lipinski definition) is 1. The summed E-state index contributed by atoms with van der Waals surface area (Å²) in [5.41, 5.74) is 1.01. The number of unbranched alkanes of at least 4 members (excludes halogenated alkanes) is 8. The predicted octanol–water partition coefficient (Wildman–Crippen LogP) is 7.31. The van der Waals surface area contributed by atoms with E-state index in [4.69, 9.17) is 28.4 Å². The zero-order chi connectivity index (χ0) is 30.7. The van der Waals surface area contributed by atoms with Crippen LogP contribution in [0.25, 0.3) is 0 Å². The molecule has 0 amide bonds. The summed E-state index contributed by atoms with van der Waals surface area (Å²) in [5, 5.41) is 11.2. The Morgan fingerprint density at radius 2 is 1.60 bits per heavy atom. The van der Waals surface area contributed by atoms with Gasteiger partial charge in [-0.15, -0.1) is 11.8 Å². The molecule has 0 aromatic heterocycles. The summed E-state index contributed by atoms with van der Waals surface area (Å²) in [4.78, 5) is 0. The molecule has 242 valence electrons. The molecule has 3 aliphatic rings. The Balaban J connectivity index is 1.17. The second kappa shape index (κ2) is 17.3. The van der Waals surface area contributed by atoms with Crippen LogP contribution in [0.1, 0.15) is 117 Å². The first-order chi connectivity index (χ1) is 20.8. The summed E-state index contributed by atoms with van der Waals surface area (Å²) < 4.78 is 37.2. The maximum atomic E-state index is 11.2. The summed E-state index contributed by atoms with van der Waals surface area (Å²) >= 11 is 0. The molecule has 7 heteroatoms. The van der Waals surface area contributed by atoms with Crippen LogP contribution < -0.4 is 0 Å². The number of benzene rings is 1. The Kier molecular flexibility index (Phi) is 13.8. The topological polar surface area (TPSA) is 75.6 Å². The van der Waals surface area contributed by atoms with E-state index in [1.165, 1.54) is 25.7 Å². The van der Waals surface area contributed by atoms with Gasteiger partial charge in [0.2, 0.25) is 0 Å². The molecule has 43 heavy (non-hydrogen) atoms. The fraction of sp³-hybridized carbons (Fsp3) is 0.778. The number of aliphatic hydroxyl groups excluding tert-OH is 1. The van der Waals surface area contributed by atoms with Crippen LogP contribution in [-0.4, -0.2) is 60.9 Å². The average Bonchev–Trinajstić information content (AvgIpc) is 3.33. The van der Waals surface area contributed by atoms with Gasteiger partial charge in [0, 0.05) is 24.3 Å². The van der Waals surface area contributed by atoms with Crippen molar-refractivity contribution in [2.75, 3.05) is 13.2 Å². The van der Waals surface area contributed by atoms with Crippen LogP contribution in [0.4, 0.5) is 0 Å². The van der Waals surface area contributed by atoms with Crippen molar-refractivity contribution in [3.05, 3.63) is 35.9 Å². The first-order valence-corrected chi connectivity index (χ1v) is 16.9. The van der Waals surface area contributed by atoms with Crippen molar-refractivity contribution in [1.29, 1.82) is 0 Å². The van der Waals surface area contributed by atoms with E-state index >= 15 is 0 Å². The molecular formula is C36H56O7. The quantitative estimate of drug-likeness (QED) is 0.167. The minimum Gasteiger partial charge on any atom is -0.388 e. The molecule has 1 N–H and O–H groups in total. The van der Waals surface area contributed by atoms with E-state index in [0.29, 0.717) is 6.61 Å². The fourth-order valence-electron chi connectivity index (χ4n) is 6.38. The highest BCUT2D eigenvalue weighted by Gasteiger charge is 2.48. The molecule has 1 aromatic carbocycles. The second-order valence-electron chi connectivity index (χ2n) is 13.1. The molecule has 3 fully saturated rings. The summed E-state index contributed by atoms with van der Waals surface area (Å²) in [6.07, 6.45) is 9.86. The van der Waals surface area contributed by atoms with Crippen molar-refractivity contribution < 1.29 is 33.5 Å². The summed E-state index contributed by atoms with van der Waals surface area (Å²) in [5.74, 6) is 6.21. The van der Waals surface area contributed by atoms with Crippen LogP contribution >= 0.6 is 0 Å². The largest absolute Gasteiger partial charge is 0.388 e. The molecule has 9 atom stereocenters. The highest BCUT2D eigenvalue weighted by atomic mass is 16.8. The van der Waals surface area contributed by atoms with Crippen molar-refractivity contribution in [1.82, 2.24) is 0 Å². The molecule has 4 rings (SSSR count). The van der Waals surface area contributed by atoms with Crippen LogP contribution in [0.2, 0.25) is 0 Å². The SMILES string of the molecule is CCCCCCC#CCCCCCC[C@@H]1OC(C)(C)O[C@H]1[C@@H](O)COC1OC2COC(c3ccccc3)OC2C(C)C1C. The first-order valence-electron chi connectivity index (χ1n) is 16.9. The molecule has 0 spiro atoms. The molecular weight excluding hydrogens is 544 g/mol. The Bertz CT molecular complexity index is 986. The fourth-order valence-corrected chi connectivity index (χ4v) is 6.38. The molecule has 3 heterocycles. The Hall–Kier alpha value is -1.50. The van der Waals surface area contributed by atoms with Crippen molar-refractivity contribution in [2.45, 2.75) is 154 Å². The van der Waals surface area contributed by atoms with E-state index in [9.17, 15) is 5.11 Å². The van der Waals surface area contributed by atoms with E-state index < -0.39 is 30.6 Å². The number of hydrogen-bond acceptors (Lipinski definition) is 7. The van der Waals surface area contributed by atoms with E-state index in [-0.39, 0.29) is 36.8 Å². The Labute approximate surface area is 260 Å². The Morgan fingerprint density at radius 3 is 2.33 bits per heavy atom. The molecule has 0 aliphatic carbocycles. The van der Waals surface area contributed by atoms with Gasteiger partial charge in [-0.25, -0.2) is 0 Å². The van der Waals surface area contributed by atoms with E-state index in [1.54, 1.807) is 0 Å². The smallest absolute Gasteiger partial charge is 0.184 e. The van der Waals surface area contributed by atoms with Crippen LogP contribution in [0.15, 0.2) is 30.3 Å². The van der Waals surface area contributed by atoms with E-state index in [2.05, 4.69) is 32.6 Å². The average molecular weight is 601 g/mol. The van der Waals surface area contributed by atoms with Gasteiger partial charge >= 0.3 is 0 Å². The summed E-state index contributed by atoms with van der Waals surface area (Å²) in [7, 11) is 0. The van der Waals surface area contributed by atoms with Crippen LogP contribution in [0.3, 0.4) is 0 Å². The van der Waals surface area contributed by atoms with Crippen LogP contribution in [0, 0.1) is 23.7 Å². The number of ether oxygens (including phenoxy) is 6. The number of aliphatic hydroxyl groups is 1. The highest BCUT2D eigenvalue weighted by Crippen LogP contribution is 2.40. The van der Waals surface area contributed by atoms with E-state index in [0.717, 1.165) is 50.5 Å². The van der Waals surface area contributed by atoms with Gasteiger partial charge in [0.25, 0.3) is 0 Å². The number of fused-ring (bicyclic) bond motifs is 1. The van der Waals surface area contributed by atoms with Gasteiger partial charge in [0.15, 0.2) is 18.4 Å². The third-order valence-electron chi connectivity index (χ3n) is 9.07. The van der Waals surface area contributed by atoms with Crippen LogP contribution in [-0.2, 0) is 28.4 Å². The van der Waals surface area contributed by atoms with Crippen molar-refractivity contribution >= 4 is 0 Å². The molecule has 0 saturated carbocycles. The minimum atomic E-state index is -0.815. The molecule has 0 radical (unpaired) electrons. The normalized spacial score (nSPS) is 32.5. The highest BCUT2D eigenvalue weighted by molar-refractivity contribution is 5.16. The van der Waals surface area contributed by atoms with Gasteiger partial charge < -0.3 is 33.5 Å². The van der Waals surface area contributed by atoms with Gasteiger partial charge in [0.05, 0.1) is 25.4 Å². The van der Waals surface area contributed by atoms with Crippen molar-refractivity contribution in [3.8, 4) is 11.8 Å². The zero-order valence-corrected chi connectivity index (χ0v) is 27.2. The maximum Gasteiger partial charge on any atom is 0.184 e. The first kappa shape index (κ1) is 34.4. The predicted molar refractivity (Wildman–Crippen MR) is 167 cm³/mol. The van der Waals surface area contributed by atoms with Gasteiger partial charge in [-0.2, -0.15) is 0 Å². The van der Waals surface area contributed by atoms with Gasteiger partial charge in [-0.1, -0.05) is 89.6 Å². The zero-order valence-electron chi connectivity index (χ0n) is 27.2. The summed E-state index contributed by atoms with van der Waals surface area (Å²) in [6.45, 7) is 10.9. The molecule has 3 saturated heterocycles.